The minimum Gasteiger partial charge on any atom is -0.270 e. The van der Waals surface area contributed by atoms with Gasteiger partial charge in [-0.2, -0.15) is 0 Å². The molecular weight excluding hydrogens is 238 g/mol. The Kier molecular flexibility index (Phi) is 3.56. The first kappa shape index (κ1) is 13.5. The van der Waals surface area contributed by atoms with Gasteiger partial charge in [-0.25, -0.2) is 0 Å². The predicted octanol–water partition coefficient (Wildman–Crippen LogP) is 2.71. The number of carbonyl (C=O) groups is 2. The Balaban J connectivity index is 2.07. The molecule has 0 saturated heterocycles. The lowest BCUT2D eigenvalue weighted by Gasteiger charge is -2.34. The van der Waals surface area contributed by atoms with Crippen LogP contribution in [0.3, 0.4) is 0 Å². The van der Waals surface area contributed by atoms with Gasteiger partial charge >= 0.3 is 0 Å². The van der Waals surface area contributed by atoms with Crippen molar-refractivity contribution in [1.82, 2.24) is 4.90 Å². The lowest BCUT2D eigenvalue weighted by atomic mass is 9.93. The zero-order valence-electron chi connectivity index (χ0n) is 11.6. The molecule has 19 heavy (non-hydrogen) atoms. The summed E-state index contributed by atoms with van der Waals surface area (Å²) < 4.78 is 0. The number of aryl methyl sites for hydroxylation is 1. The average molecular weight is 257 g/mol. The molecule has 0 bridgehead atoms. The van der Waals surface area contributed by atoms with Crippen molar-refractivity contribution in [2.24, 2.45) is 0 Å². The van der Waals surface area contributed by atoms with Gasteiger partial charge in [0.05, 0.1) is 0 Å². The predicted molar refractivity (Wildman–Crippen MR) is 74.5 cm³/mol. The standard InChI is InChI=1S/C16H19NO2/c1-12-11-14(18)17(15(12)19)16(2,3)10-9-13-7-5-4-6-8-13/h4-8,11H,9-10H2,1-3H3. The summed E-state index contributed by atoms with van der Waals surface area (Å²) in [6.07, 6.45) is 3.03. The second-order valence-corrected chi connectivity index (χ2v) is 5.60. The second kappa shape index (κ2) is 5.00. The second-order valence-electron chi connectivity index (χ2n) is 5.60. The highest BCUT2D eigenvalue weighted by Crippen LogP contribution is 2.27. The molecule has 1 heterocycles. The van der Waals surface area contributed by atoms with E-state index in [-0.39, 0.29) is 11.8 Å². The molecule has 0 radical (unpaired) electrons. The van der Waals surface area contributed by atoms with E-state index in [4.69, 9.17) is 0 Å². The van der Waals surface area contributed by atoms with Gasteiger partial charge in [0.15, 0.2) is 0 Å². The molecule has 2 rings (SSSR count). The molecule has 1 aliphatic rings. The molecule has 0 atom stereocenters. The molecule has 1 aliphatic heterocycles. The van der Waals surface area contributed by atoms with Gasteiger partial charge < -0.3 is 0 Å². The smallest absolute Gasteiger partial charge is 0.257 e. The number of amides is 2. The van der Waals surface area contributed by atoms with Crippen LogP contribution in [0.5, 0.6) is 0 Å². The van der Waals surface area contributed by atoms with Crippen molar-refractivity contribution in [2.75, 3.05) is 0 Å². The third-order valence-electron chi connectivity index (χ3n) is 3.57. The molecule has 0 unspecified atom stereocenters. The number of carbonyl (C=O) groups excluding carboxylic acids is 2. The molecule has 0 aliphatic carbocycles. The summed E-state index contributed by atoms with van der Waals surface area (Å²) in [5.74, 6) is -0.358. The van der Waals surface area contributed by atoms with Gasteiger partial charge in [-0.3, -0.25) is 14.5 Å². The third-order valence-corrected chi connectivity index (χ3v) is 3.57. The maximum atomic E-state index is 12.0. The Hall–Kier alpha value is -1.90. The highest BCUT2D eigenvalue weighted by atomic mass is 16.2. The molecule has 3 nitrogen and oxygen atoms in total. The van der Waals surface area contributed by atoms with E-state index >= 15 is 0 Å². The van der Waals surface area contributed by atoms with Crippen molar-refractivity contribution in [3.05, 3.63) is 47.5 Å². The SMILES string of the molecule is CC1=CC(=O)N(C(C)(C)CCc2ccccc2)C1=O. The summed E-state index contributed by atoms with van der Waals surface area (Å²) in [5, 5.41) is 0. The molecular formula is C16H19NO2. The van der Waals surface area contributed by atoms with Crippen molar-refractivity contribution in [3.63, 3.8) is 0 Å². The van der Waals surface area contributed by atoms with Crippen LogP contribution in [0.15, 0.2) is 42.0 Å². The molecule has 100 valence electrons. The van der Waals surface area contributed by atoms with E-state index in [2.05, 4.69) is 12.1 Å². The minimum absolute atomic E-state index is 0.164. The van der Waals surface area contributed by atoms with E-state index in [0.717, 1.165) is 12.8 Å². The topological polar surface area (TPSA) is 37.4 Å². The Bertz CT molecular complexity index is 529. The fourth-order valence-corrected chi connectivity index (χ4v) is 2.37. The van der Waals surface area contributed by atoms with Gasteiger partial charge in [0, 0.05) is 17.2 Å². The molecule has 1 aromatic rings. The quantitative estimate of drug-likeness (QED) is 0.778. The first-order valence-electron chi connectivity index (χ1n) is 6.52. The Labute approximate surface area is 113 Å². The van der Waals surface area contributed by atoms with Crippen molar-refractivity contribution >= 4 is 11.8 Å². The normalized spacial score (nSPS) is 15.9. The molecule has 0 fully saturated rings. The van der Waals surface area contributed by atoms with Crippen LogP contribution in [0.25, 0.3) is 0 Å². The molecule has 0 aromatic heterocycles. The van der Waals surface area contributed by atoms with Crippen LogP contribution in [-0.4, -0.2) is 22.3 Å². The summed E-state index contributed by atoms with van der Waals surface area (Å²) in [6, 6.07) is 10.1. The summed E-state index contributed by atoms with van der Waals surface area (Å²) in [7, 11) is 0. The van der Waals surface area contributed by atoms with E-state index < -0.39 is 5.54 Å². The lowest BCUT2D eigenvalue weighted by Crippen LogP contribution is -2.48. The molecule has 0 N–H and O–H groups in total. The zero-order chi connectivity index (χ0) is 14.0. The van der Waals surface area contributed by atoms with E-state index in [1.54, 1.807) is 6.92 Å². The summed E-state index contributed by atoms with van der Waals surface area (Å²) >= 11 is 0. The maximum Gasteiger partial charge on any atom is 0.257 e. The summed E-state index contributed by atoms with van der Waals surface area (Å²) in [4.78, 5) is 25.3. The highest BCUT2D eigenvalue weighted by molar-refractivity contribution is 6.16. The van der Waals surface area contributed by atoms with Gasteiger partial charge in [-0.05, 0) is 39.2 Å². The third kappa shape index (κ3) is 2.75. The molecule has 0 saturated carbocycles. The van der Waals surface area contributed by atoms with Crippen molar-refractivity contribution in [2.45, 2.75) is 39.2 Å². The van der Waals surface area contributed by atoms with Crippen molar-refractivity contribution < 1.29 is 9.59 Å². The summed E-state index contributed by atoms with van der Waals surface area (Å²) in [6.45, 7) is 5.57. The van der Waals surface area contributed by atoms with Crippen LogP contribution in [0.2, 0.25) is 0 Å². The van der Waals surface area contributed by atoms with Crippen LogP contribution < -0.4 is 0 Å². The average Bonchev–Trinajstić information content (AvgIpc) is 2.63. The molecule has 0 spiro atoms. The van der Waals surface area contributed by atoms with Crippen LogP contribution >= 0.6 is 0 Å². The highest BCUT2D eigenvalue weighted by Gasteiger charge is 2.39. The zero-order valence-corrected chi connectivity index (χ0v) is 11.6. The minimum atomic E-state index is -0.460. The van der Waals surface area contributed by atoms with Gasteiger partial charge in [0.1, 0.15) is 0 Å². The van der Waals surface area contributed by atoms with E-state index in [9.17, 15) is 9.59 Å². The first-order chi connectivity index (χ1) is 8.92. The van der Waals surface area contributed by atoms with Gasteiger partial charge in [-0.15, -0.1) is 0 Å². The van der Waals surface area contributed by atoms with Crippen LogP contribution in [-0.2, 0) is 16.0 Å². The van der Waals surface area contributed by atoms with Crippen molar-refractivity contribution in [3.8, 4) is 0 Å². The molecule has 2 amide bonds. The number of imide groups is 1. The summed E-state index contributed by atoms with van der Waals surface area (Å²) in [5.41, 5.74) is 1.29. The van der Waals surface area contributed by atoms with Crippen LogP contribution in [0.4, 0.5) is 0 Å². The Morgan fingerprint density at radius 2 is 1.74 bits per heavy atom. The lowest BCUT2D eigenvalue weighted by molar-refractivity contribution is -0.143. The van der Waals surface area contributed by atoms with Gasteiger partial charge in [0.25, 0.3) is 11.8 Å². The van der Waals surface area contributed by atoms with Crippen molar-refractivity contribution in [1.29, 1.82) is 0 Å². The number of benzene rings is 1. The molecule has 3 heteroatoms. The van der Waals surface area contributed by atoms with E-state index in [0.29, 0.717) is 5.57 Å². The Morgan fingerprint density at radius 3 is 2.26 bits per heavy atom. The monoisotopic (exact) mass is 257 g/mol. The van der Waals surface area contributed by atoms with E-state index in [1.165, 1.54) is 16.5 Å². The Morgan fingerprint density at radius 1 is 1.11 bits per heavy atom. The van der Waals surface area contributed by atoms with Crippen LogP contribution in [0.1, 0.15) is 32.8 Å². The molecule has 1 aromatic carbocycles. The maximum absolute atomic E-state index is 12.0. The number of rotatable bonds is 4. The number of nitrogens with zero attached hydrogens (tertiary/aromatic N) is 1. The van der Waals surface area contributed by atoms with E-state index in [1.807, 2.05) is 32.0 Å². The number of hydrogen-bond acceptors (Lipinski definition) is 2. The first-order valence-corrected chi connectivity index (χ1v) is 6.52. The fraction of sp³-hybridized carbons (Fsp3) is 0.375. The number of hydrogen-bond donors (Lipinski definition) is 0. The largest absolute Gasteiger partial charge is 0.270 e. The van der Waals surface area contributed by atoms with Crippen LogP contribution in [0, 0.1) is 0 Å². The fourth-order valence-electron chi connectivity index (χ4n) is 2.37. The van der Waals surface area contributed by atoms with Gasteiger partial charge in [0.2, 0.25) is 0 Å². The van der Waals surface area contributed by atoms with Gasteiger partial charge in [-0.1, -0.05) is 30.3 Å².